The molecule has 2 rings (SSSR count). The van der Waals surface area contributed by atoms with Gasteiger partial charge in [0.1, 0.15) is 11.6 Å². The van der Waals surface area contributed by atoms with E-state index in [0.29, 0.717) is 16.3 Å². The zero-order valence-electron chi connectivity index (χ0n) is 16.0. The number of benzene rings is 1. The highest BCUT2D eigenvalue weighted by atomic mass is 32.1. The fourth-order valence-electron chi connectivity index (χ4n) is 2.45. The minimum atomic E-state index is -4.40. The third-order valence-corrected chi connectivity index (χ3v) is 4.83. The highest BCUT2D eigenvalue weighted by Gasteiger charge is 2.30. The molecular formula is C19H21F3N2O4S. The van der Waals surface area contributed by atoms with Gasteiger partial charge in [-0.3, -0.25) is 9.59 Å². The van der Waals surface area contributed by atoms with Crippen LogP contribution in [0.25, 0.3) is 10.6 Å². The molecule has 1 heterocycles. The molecule has 10 heteroatoms. The Kier molecular flexibility index (Phi) is 8.15. The molecule has 0 N–H and O–H groups in total. The lowest BCUT2D eigenvalue weighted by Gasteiger charge is -2.21. The van der Waals surface area contributed by atoms with Crippen LogP contribution in [0.3, 0.4) is 0 Å². The maximum Gasteiger partial charge on any atom is 0.416 e. The second-order valence-electron chi connectivity index (χ2n) is 6.01. The molecule has 29 heavy (non-hydrogen) atoms. The predicted octanol–water partition coefficient (Wildman–Crippen LogP) is 3.41. The molecule has 0 aliphatic heterocycles. The predicted molar refractivity (Wildman–Crippen MR) is 101 cm³/mol. The number of aromatic nitrogens is 1. The molecule has 158 valence electrons. The van der Waals surface area contributed by atoms with Crippen LogP contribution in [-0.2, 0) is 31.7 Å². The second-order valence-corrected chi connectivity index (χ2v) is 6.87. The maximum atomic E-state index is 12.7. The van der Waals surface area contributed by atoms with E-state index in [2.05, 4.69) is 4.98 Å². The molecule has 1 amide bonds. The topological polar surface area (TPSA) is 68.7 Å². The third-order valence-electron chi connectivity index (χ3n) is 3.89. The molecule has 6 nitrogen and oxygen atoms in total. The number of carbonyl (C=O) groups is 2. The molecule has 0 atom stereocenters. The molecule has 0 saturated carbocycles. The number of esters is 1. The van der Waals surface area contributed by atoms with Crippen molar-refractivity contribution < 1.29 is 32.2 Å². The lowest BCUT2D eigenvalue weighted by atomic mass is 10.1. The summed E-state index contributed by atoms with van der Waals surface area (Å²) in [6, 6.07) is 4.68. The van der Waals surface area contributed by atoms with Crippen molar-refractivity contribution in [2.75, 3.05) is 33.4 Å². The molecule has 0 saturated heterocycles. The summed E-state index contributed by atoms with van der Waals surface area (Å²) in [7, 11) is 1.49. The van der Waals surface area contributed by atoms with Crippen molar-refractivity contribution in [1.29, 1.82) is 0 Å². The molecule has 0 unspecified atom stereocenters. The van der Waals surface area contributed by atoms with Crippen molar-refractivity contribution in [1.82, 2.24) is 9.88 Å². The van der Waals surface area contributed by atoms with Gasteiger partial charge in [0.2, 0.25) is 5.91 Å². The quantitative estimate of drug-likeness (QED) is 0.571. The Balaban J connectivity index is 2.06. The standard InChI is InChI=1S/C19H21F3N2O4S/c1-3-28-17(26)11-24(8-9-27-2)16(25)10-15-12-29-18(23-15)13-4-6-14(7-5-13)19(20,21)22/h4-7,12H,3,8-11H2,1-2H3. The van der Waals surface area contributed by atoms with Crippen LogP contribution >= 0.6 is 11.3 Å². The van der Waals surface area contributed by atoms with E-state index in [-0.39, 0.29) is 38.6 Å². The summed E-state index contributed by atoms with van der Waals surface area (Å²) in [5.41, 5.74) is 0.270. The number of amides is 1. The summed E-state index contributed by atoms with van der Waals surface area (Å²) in [5.74, 6) is -0.833. The summed E-state index contributed by atoms with van der Waals surface area (Å²) >= 11 is 1.23. The molecule has 0 aliphatic carbocycles. The fraction of sp³-hybridized carbons (Fsp3) is 0.421. The summed E-state index contributed by atoms with van der Waals surface area (Å²) in [5, 5.41) is 2.18. The number of halogens is 3. The largest absolute Gasteiger partial charge is 0.465 e. The highest BCUT2D eigenvalue weighted by Crippen LogP contribution is 2.31. The average molecular weight is 430 g/mol. The summed E-state index contributed by atoms with van der Waals surface area (Å²) < 4.78 is 47.9. The van der Waals surface area contributed by atoms with E-state index in [0.717, 1.165) is 12.1 Å². The Bertz CT molecular complexity index is 822. The van der Waals surface area contributed by atoms with Crippen molar-refractivity contribution in [2.24, 2.45) is 0 Å². The van der Waals surface area contributed by atoms with Crippen LogP contribution in [0.5, 0.6) is 0 Å². The summed E-state index contributed by atoms with van der Waals surface area (Å²) in [6.45, 7) is 2.19. The number of thiazole rings is 1. The van der Waals surface area contributed by atoms with Crippen LogP contribution in [-0.4, -0.2) is 55.2 Å². The van der Waals surface area contributed by atoms with Gasteiger partial charge in [0.25, 0.3) is 0 Å². The van der Waals surface area contributed by atoms with Crippen LogP contribution in [0.15, 0.2) is 29.6 Å². The van der Waals surface area contributed by atoms with E-state index in [4.69, 9.17) is 9.47 Å². The number of nitrogens with zero attached hydrogens (tertiary/aromatic N) is 2. The second kappa shape index (κ2) is 10.4. The Morgan fingerprint density at radius 2 is 1.90 bits per heavy atom. The molecule has 0 radical (unpaired) electrons. The first kappa shape index (κ1) is 22.8. The number of ether oxygens (including phenoxy) is 2. The third kappa shape index (κ3) is 6.82. The van der Waals surface area contributed by atoms with Crippen molar-refractivity contribution >= 4 is 23.2 Å². The molecule has 0 fully saturated rings. The highest BCUT2D eigenvalue weighted by molar-refractivity contribution is 7.13. The van der Waals surface area contributed by atoms with Crippen LogP contribution in [0.1, 0.15) is 18.2 Å². The minimum absolute atomic E-state index is 0.0414. The Morgan fingerprint density at radius 3 is 2.48 bits per heavy atom. The number of methoxy groups -OCH3 is 1. The molecule has 1 aromatic carbocycles. The average Bonchev–Trinajstić information content (AvgIpc) is 3.13. The van der Waals surface area contributed by atoms with Gasteiger partial charge < -0.3 is 14.4 Å². The number of hydrogen-bond donors (Lipinski definition) is 0. The molecule has 1 aromatic heterocycles. The van der Waals surface area contributed by atoms with Crippen molar-refractivity contribution in [3.8, 4) is 10.6 Å². The normalized spacial score (nSPS) is 11.3. The minimum Gasteiger partial charge on any atom is -0.465 e. The lowest BCUT2D eigenvalue weighted by Crippen LogP contribution is -2.39. The van der Waals surface area contributed by atoms with Crippen molar-refractivity contribution in [3.63, 3.8) is 0 Å². The number of hydrogen-bond acceptors (Lipinski definition) is 6. The van der Waals surface area contributed by atoms with Gasteiger partial charge in [-0.15, -0.1) is 11.3 Å². The van der Waals surface area contributed by atoms with Crippen LogP contribution in [0.4, 0.5) is 13.2 Å². The van der Waals surface area contributed by atoms with Gasteiger partial charge in [-0.05, 0) is 19.1 Å². The Labute approximate surface area is 170 Å². The van der Waals surface area contributed by atoms with Crippen molar-refractivity contribution in [2.45, 2.75) is 19.5 Å². The van der Waals surface area contributed by atoms with Crippen molar-refractivity contribution in [3.05, 3.63) is 40.9 Å². The molecule has 0 aliphatic rings. The fourth-order valence-corrected chi connectivity index (χ4v) is 3.27. The Hall–Kier alpha value is -2.46. The Morgan fingerprint density at radius 1 is 1.21 bits per heavy atom. The SMILES string of the molecule is CCOC(=O)CN(CCOC)C(=O)Cc1csc(-c2ccc(C(F)(F)F)cc2)n1. The number of carbonyl (C=O) groups excluding carboxylic acids is 2. The van der Waals surface area contributed by atoms with E-state index in [1.165, 1.54) is 35.5 Å². The monoisotopic (exact) mass is 430 g/mol. The summed E-state index contributed by atoms with van der Waals surface area (Å²) in [4.78, 5) is 29.9. The van der Waals surface area contributed by atoms with E-state index in [1.54, 1.807) is 12.3 Å². The molecular weight excluding hydrogens is 409 g/mol. The van der Waals surface area contributed by atoms with Gasteiger partial charge in [-0.25, -0.2) is 4.98 Å². The number of rotatable bonds is 9. The van der Waals surface area contributed by atoms with E-state index < -0.39 is 17.7 Å². The van der Waals surface area contributed by atoms with Crippen LogP contribution in [0.2, 0.25) is 0 Å². The van der Waals surface area contributed by atoms with Gasteiger partial charge in [0, 0.05) is 24.6 Å². The lowest BCUT2D eigenvalue weighted by molar-refractivity contribution is -0.149. The van der Waals surface area contributed by atoms with Gasteiger partial charge in [0.05, 0.1) is 30.9 Å². The van der Waals surface area contributed by atoms with E-state index in [1.807, 2.05) is 0 Å². The summed E-state index contributed by atoms with van der Waals surface area (Å²) in [6.07, 6.45) is -4.44. The zero-order valence-corrected chi connectivity index (χ0v) is 16.8. The van der Waals surface area contributed by atoms with Gasteiger partial charge in [-0.1, -0.05) is 12.1 Å². The smallest absolute Gasteiger partial charge is 0.416 e. The first-order valence-electron chi connectivity index (χ1n) is 8.79. The van der Waals surface area contributed by atoms with E-state index >= 15 is 0 Å². The molecule has 0 spiro atoms. The zero-order chi connectivity index (χ0) is 21.4. The molecule has 2 aromatic rings. The first-order valence-corrected chi connectivity index (χ1v) is 9.67. The van der Waals surface area contributed by atoms with Crippen LogP contribution in [0, 0.1) is 0 Å². The van der Waals surface area contributed by atoms with Gasteiger partial charge >= 0.3 is 12.1 Å². The van der Waals surface area contributed by atoms with Gasteiger partial charge in [-0.2, -0.15) is 13.2 Å². The van der Waals surface area contributed by atoms with E-state index in [9.17, 15) is 22.8 Å². The number of alkyl halides is 3. The maximum absolute atomic E-state index is 12.7. The van der Waals surface area contributed by atoms with Gasteiger partial charge in [0.15, 0.2) is 0 Å². The molecule has 0 bridgehead atoms. The van der Waals surface area contributed by atoms with Crippen LogP contribution < -0.4 is 0 Å². The first-order chi connectivity index (χ1) is 13.7.